The number of carbonyl (C=O) groups excluding carboxylic acids is 1. The monoisotopic (exact) mass is 286 g/mol. The summed E-state index contributed by atoms with van der Waals surface area (Å²) in [5.41, 5.74) is 6.77. The molecule has 0 fully saturated rings. The Morgan fingerprint density at radius 2 is 2.31 bits per heavy atom. The van der Waals surface area contributed by atoms with E-state index in [1.807, 2.05) is 6.92 Å². The Balaban J connectivity index is 2.69. The van der Waals surface area contributed by atoms with Crippen molar-refractivity contribution >= 4 is 27.5 Å². The van der Waals surface area contributed by atoms with Crippen molar-refractivity contribution in [1.82, 2.24) is 5.32 Å². The normalized spacial score (nSPS) is 12.2. The summed E-state index contributed by atoms with van der Waals surface area (Å²) >= 11 is 3.27. The molecule has 5 heteroatoms. The van der Waals surface area contributed by atoms with Crippen LogP contribution in [0.2, 0.25) is 0 Å². The Morgan fingerprint density at radius 1 is 1.62 bits per heavy atom. The van der Waals surface area contributed by atoms with Crippen LogP contribution >= 0.6 is 15.9 Å². The molecule has 0 bridgehead atoms. The number of benzene rings is 1. The zero-order chi connectivity index (χ0) is 12.1. The lowest BCUT2D eigenvalue weighted by molar-refractivity contribution is 0.0934. The molecule has 1 amide bonds. The van der Waals surface area contributed by atoms with Crippen LogP contribution in [-0.4, -0.2) is 23.7 Å². The standard InChI is InChI=1S/C11H15BrN2O2/c1-7(4-5-15)14-11(16)8-2-3-10(13)9(12)6-8/h2-3,6-7,15H,4-5,13H2,1H3,(H,14,16). The van der Waals surface area contributed by atoms with Crippen molar-refractivity contribution in [2.45, 2.75) is 19.4 Å². The van der Waals surface area contributed by atoms with Crippen molar-refractivity contribution < 1.29 is 9.90 Å². The fraction of sp³-hybridized carbons (Fsp3) is 0.364. The molecule has 1 unspecified atom stereocenters. The average molecular weight is 287 g/mol. The molecule has 0 heterocycles. The Hall–Kier alpha value is -1.07. The number of carbonyl (C=O) groups is 1. The van der Waals surface area contributed by atoms with E-state index < -0.39 is 0 Å². The van der Waals surface area contributed by atoms with E-state index in [0.29, 0.717) is 22.1 Å². The molecule has 0 aliphatic rings. The van der Waals surface area contributed by atoms with E-state index in [0.717, 1.165) is 0 Å². The molecular formula is C11H15BrN2O2. The first-order valence-electron chi connectivity index (χ1n) is 5.01. The number of hydrogen-bond donors (Lipinski definition) is 3. The van der Waals surface area contributed by atoms with Gasteiger partial charge in [0.2, 0.25) is 0 Å². The molecule has 0 radical (unpaired) electrons. The third-order valence-corrected chi connectivity index (χ3v) is 2.89. The van der Waals surface area contributed by atoms with E-state index in [4.69, 9.17) is 10.8 Å². The molecule has 0 saturated heterocycles. The minimum Gasteiger partial charge on any atom is -0.398 e. The first-order valence-corrected chi connectivity index (χ1v) is 5.80. The fourth-order valence-electron chi connectivity index (χ4n) is 1.24. The van der Waals surface area contributed by atoms with E-state index in [9.17, 15) is 4.79 Å². The van der Waals surface area contributed by atoms with Gasteiger partial charge in [0, 0.05) is 28.4 Å². The second-order valence-corrected chi connectivity index (χ2v) is 4.48. The zero-order valence-electron chi connectivity index (χ0n) is 9.03. The number of hydrogen-bond acceptors (Lipinski definition) is 3. The smallest absolute Gasteiger partial charge is 0.251 e. The highest BCUT2D eigenvalue weighted by atomic mass is 79.9. The highest BCUT2D eigenvalue weighted by Gasteiger charge is 2.10. The van der Waals surface area contributed by atoms with Crippen molar-refractivity contribution in [1.29, 1.82) is 0 Å². The summed E-state index contributed by atoms with van der Waals surface area (Å²) < 4.78 is 0.704. The maximum Gasteiger partial charge on any atom is 0.251 e. The first-order chi connectivity index (χ1) is 7.54. The summed E-state index contributed by atoms with van der Waals surface area (Å²) in [7, 11) is 0. The molecule has 4 N–H and O–H groups in total. The number of amides is 1. The zero-order valence-corrected chi connectivity index (χ0v) is 10.6. The summed E-state index contributed by atoms with van der Waals surface area (Å²) in [5.74, 6) is -0.165. The van der Waals surface area contributed by atoms with Gasteiger partial charge in [-0.1, -0.05) is 0 Å². The van der Waals surface area contributed by atoms with Crippen molar-refractivity contribution in [2.24, 2.45) is 0 Å². The molecule has 1 aromatic rings. The van der Waals surface area contributed by atoms with Gasteiger partial charge in [-0.25, -0.2) is 0 Å². The second-order valence-electron chi connectivity index (χ2n) is 3.62. The van der Waals surface area contributed by atoms with Crippen molar-refractivity contribution in [2.75, 3.05) is 12.3 Å². The van der Waals surface area contributed by atoms with Gasteiger partial charge in [-0.3, -0.25) is 4.79 Å². The number of nitrogen functional groups attached to an aromatic ring is 1. The van der Waals surface area contributed by atoms with Gasteiger partial charge in [-0.05, 0) is 47.5 Å². The number of aliphatic hydroxyl groups is 1. The maximum atomic E-state index is 11.7. The quantitative estimate of drug-likeness (QED) is 0.735. The largest absolute Gasteiger partial charge is 0.398 e. The lowest BCUT2D eigenvalue weighted by Crippen LogP contribution is -2.33. The van der Waals surface area contributed by atoms with Crippen LogP contribution < -0.4 is 11.1 Å². The summed E-state index contributed by atoms with van der Waals surface area (Å²) in [6.07, 6.45) is 0.544. The van der Waals surface area contributed by atoms with Gasteiger partial charge in [0.1, 0.15) is 0 Å². The second kappa shape index (κ2) is 5.86. The molecule has 0 aromatic heterocycles. The Morgan fingerprint density at radius 3 is 2.88 bits per heavy atom. The van der Waals surface area contributed by atoms with Crippen LogP contribution in [0, 0.1) is 0 Å². The van der Waals surface area contributed by atoms with Crippen LogP contribution in [0.5, 0.6) is 0 Å². The minimum absolute atomic E-state index is 0.0474. The van der Waals surface area contributed by atoms with Crippen LogP contribution in [0.1, 0.15) is 23.7 Å². The van der Waals surface area contributed by atoms with Crippen LogP contribution in [0.15, 0.2) is 22.7 Å². The summed E-state index contributed by atoms with van der Waals surface area (Å²) in [6.45, 7) is 1.91. The lowest BCUT2D eigenvalue weighted by atomic mass is 10.1. The van der Waals surface area contributed by atoms with E-state index in [2.05, 4.69) is 21.2 Å². The van der Waals surface area contributed by atoms with Gasteiger partial charge in [-0.15, -0.1) is 0 Å². The highest BCUT2D eigenvalue weighted by Crippen LogP contribution is 2.20. The molecule has 0 aliphatic heterocycles. The topological polar surface area (TPSA) is 75.3 Å². The SMILES string of the molecule is CC(CCO)NC(=O)c1ccc(N)c(Br)c1. The van der Waals surface area contributed by atoms with Gasteiger partial charge in [0.05, 0.1) is 0 Å². The molecule has 0 saturated carbocycles. The van der Waals surface area contributed by atoms with Gasteiger partial charge in [-0.2, -0.15) is 0 Å². The Labute approximate surface area is 103 Å². The van der Waals surface area contributed by atoms with Crippen molar-refractivity contribution in [3.05, 3.63) is 28.2 Å². The average Bonchev–Trinajstić information content (AvgIpc) is 2.22. The van der Waals surface area contributed by atoms with Crippen LogP contribution in [0.4, 0.5) is 5.69 Å². The molecule has 1 rings (SSSR count). The van der Waals surface area contributed by atoms with Crippen LogP contribution in [-0.2, 0) is 0 Å². The van der Waals surface area contributed by atoms with Gasteiger partial charge < -0.3 is 16.2 Å². The Kier molecular flexibility index (Phi) is 4.76. The Bertz CT molecular complexity index is 382. The third kappa shape index (κ3) is 3.50. The first kappa shape index (κ1) is 13.0. The predicted molar refractivity (Wildman–Crippen MR) is 67.2 cm³/mol. The van der Waals surface area contributed by atoms with E-state index in [1.165, 1.54) is 0 Å². The molecule has 1 aromatic carbocycles. The van der Waals surface area contributed by atoms with E-state index >= 15 is 0 Å². The predicted octanol–water partition coefficient (Wildman–Crippen LogP) is 1.53. The van der Waals surface area contributed by atoms with Crippen LogP contribution in [0.3, 0.4) is 0 Å². The van der Waals surface area contributed by atoms with Crippen molar-refractivity contribution in [3.8, 4) is 0 Å². The maximum absolute atomic E-state index is 11.7. The summed E-state index contributed by atoms with van der Waals surface area (Å²) in [5, 5.41) is 11.5. The molecule has 1 atom stereocenters. The number of aliphatic hydroxyl groups excluding tert-OH is 1. The van der Waals surface area contributed by atoms with E-state index in [1.54, 1.807) is 18.2 Å². The van der Waals surface area contributed by atoms with Gasteiger partial charge >= 0.3 is 0 Å². The van der Waals surface area contributed by atoms with Gasteiger partial charge in [0.15, 0.2) is 0 Å². The fourth-order valence-corrected chi connectivity index (χ4v) is 1.62. The lowest BCUT2D eigenvalue weighted by Gasteiger charge is -2.12. The molecule has 4 nitrogen and oxygen atoms in total. The van der Waals surface area contributed by atoms with Crippen LogP contribution in [0.25, 0.3) is 0 Å². The number of nitrogens with two attached hydrogens (primary N) is 1. The van der Waals surface area contributed by atoms with E-state index in [-0.39, 0.29) is 18.6 Å². The number of anilines is 1. The summed E-state index contributed by atoms with van der Waals surface area (Å²) in [6, 6.07) is 4.97. The molecular weight excluding hydrogens is 272 g/mol. The highest BCUT2D eigenvalue weighted by molar-refractivity contribution is 9.10. The minimum atomic E-state index is -0.165. The van der Waals surface area contributed by atoms with Gasteiger partial charge in [0.25, 0.3) is 5.91 Å². The summed E-state index contributed by atoms with van der Waals surface area (Å²) in [4.78, 5) is 11.7. The molecule has 16 heavy (non-hydrogen) atoms. The number of rotatable bonds is 4. The molecule has 0 aliphatic carbocycles. The number of nitrogens with one attached hydrogen (secondary N) is 1. The number of halogens is 1. The molecule has 0 spiro atoms. The third-order valence-electron chi connectivity index (χ3n) is 2.20. The van der Waals surface area contributed by atoms with Crippen molar-refractivity contribution in [3.63, 3.8) is 0 Å². The molecule has 88 valence electrons.